The average Bonchev–Trinajstić information content (AvgIpc) is 3.29. The minimum Gasteiger partial charge on any atom is -0.320 e. The van der Waals surface area contributed by atoms with E-state index in [1.54, 1.807) is 48.2 Å². The summed E-state index contributed by atoms with van der Waals surface area (Å²) in [6.45, 7) is 2.22. The van der Waals surface area contributed by atoms with Gasteiger partial charge in [0.25, 0.3) is 11.8 Å². The van der Waals surface area contributed by atoms with Crippen LogP contribution in [0.15, 0.2) is 83.7 Å². The number of benzene rings is 3. The van der Waals surface area contributed by atoms with Gasteiger partial charge in [-0.1, -0.05) is 30.3 Å². The first-order valence-corrected chi connectivity index (χ1v) is 11.1. The van der Waals surface area contributed by atoms with Gasteiger partial charge in [0.2, 0.25) is 5.43 Å². The Morgan fingerprint density at radius 3 is 2.37 bits per heavy atom. The minimum atomic E-state index is -0.729. The zero-order chi connectivity index (χ0) is 24.5. The van der Waals surface area contributed by atoms with Crippen LogP contribution in [0.5, 0.6) is 0 Å². The average molecular weight is 468 g/mol. The molecule has 1 aliphatic rings. The van der Waals surface area contributed by atoms with E-state index >= 15 is 0 Å². The third kappa shape index (κ3) is 4.21. The van der Waals surface area contributed by atoms with E-state index in [9.17, 15) is 18.8 Å². The van der Waals surface area contributed by atoms with Gasteiger partial charge in [-0.25, -0.2) is 9.07 Å². The van der Waals surface area contributed by atoms with Gasteiger partial charge in [0, 0.05) is 35.2 Å². The Hall–Kier alpha value is -4.59. The largest absolute Gasteiger partial charge is 0.320 e. The van der Waals surface area contributed by atoms with Crippen molar-refractivity contribution in [3.63, 3.8) is 0 Å². The number of halogens is 1. The predicted molar refractivity (Wildman–Crippen MR) is 131 cm³/mol. The van der Waals surface area contributed by atoms with Gasteiger partial charge in [0.15, 0.2) is 5.69 Å². The van der Waals surface area contributed by atoms with Gasteiger partial charge in [-0.05, 0) is 61.4 Å². The Labute approximate surface area is 200 Å². The molecule has 8 heteroatoms. The monoisotopic (exact) mass is 468 g/mol. The van der Waals surface area contributed by atoms with E-state index in [-0.39, 0.29) is 17.3 Å². The van der Waals surface area contributed by atoms with Crippen LogP contribution in [0.2, 0.25) is 0 Å². The summed E-state index contributed by atoms with van der Waals surface area (Å²) in [6.07, 6.45) is 0.810. The van der Waals surface area contributed by atoms with Crippen molar-refractivity contribution in [1.29, 1.82) is 0 Å². The van der Waals surface area contributed by atoms with Crippen LogP contribution in [0.4, 0.5) is 15.8 Å². The Bertz CT molecular complexity index is 1510. The number of carbonyl (C=O) groups excluding carboxylic acids is 2. The summed E-state index contributed by atoms with van der Waals surface area (Å²) >= 11 is 0. The Kier molecular flexibility index (Phi) is 5.70. The minimum absolute atomic E-state index is 0.124. The highest BCUT2D eigenvalue weighted by atomic mass is 19.1. The molecule has 3 aromatic carbocycles. The van der Waals surface area contributed by atoms with Crippen LogP contribution in [0.25, 0.3) is 5.69 Å². The van der Waals surface area contributed by atoms with Crippen LogP contribution >= 0.6 is 0 Å². The van der Waals surface area contributed by atoms with Crippen molar-refractivity contribution in [2.75, 3.05) is 16.8 Å². The van der Waals surface area contributed by atoms with Gasteiger partial charge in [0.1, 0.15) is 11.5 Å². The van der Waals surface area contributed by atoms with Gasteiger partial charge < -0.3 is 10.2 Å². The van der Waals surface area contributed by atoms with Crippen LogP contribution < -0.4 is 15.6 Å². The number of para-hydroxylation sites is 2. The second-order valence-corrected chi connectivity index (χ2v) is 8.23. The van der Waals surface area contributed by atoms with Gasteiger partial charge in [0.05, 0.1) is 0 Å². The number of hydrogen-bond donors (Lipinski definition) is 1. The molecule has 0 unspecified atom stereocenters. The smallest absolute Gasteiger partial charge is 0.280 e. The maximum Gasteiger partial charge on any atom is 0.280 e. The molecule has 0 radical (unpaired) electrons. The molecule has 0 fully saturated rings. The Balaban J connectivity index is 1.36. The number of carbonyl (C=O) groups is 2. The summed E-state index contributed by atoms with van der Waals surface area (Å²) in [5, 5.41) is 6.74. The van der Waals surface area contributed by atoms with E-state index in [0.717, 1.165) is 17.7 Å². The number of anilines is 2. The van der Waals surface area contributed by atoms with Crippen molar-refractivity contribution in [2.24, 2.45) is 0 Å². The van der Waals surface area contributed by atoms with Crippen molar-refractivity contribution in [3.8, 4) is 5.69 Å². The first-order chi connectivity index (χ1) is 16.9. The lowest BCUT2D eigenvalue weighted by Gasteiger charge is -2.17. The quantitative estimate of drug-likeness (QED) is 0.488. The summed E-state index contributed by atoms with van der Waals surface area (Å²) < 4.78 is 15.5. The third-order valence-electron chi connectivity index (χ3n) is 5.93. The van der Waals surface area contributed by atoms with E-state index in [4.69, 9.17) is 0 Å². The Morgan fingerprint density at radius 1 is 0.943 bits per heavy atom. The van der Waals surface area contributed by atoms with Gasteiger partial charge in [-0.2, -0.15) is 5.10 Å². The summed E-state index contributed by atoms with van der Waals surface area (Å²) in [5.74, 6) is -1.38. The number of nitrogens with zero attached hydrogens (tertiary/aromatic N) is 3. The van der Waals surface area contributed by atoms with Crippen molar-refractivity contribution in [1.82, 2.24) is 9.78 Å². The molecule has 0 aliphatic carbocycles. The number of hydrogen-bond acceptors (Lipinski definition) is 4. The first-order valence-electron chi connectivity index (χ1n) is 11.1. The standard InChI is InChI=1S/C27H21FN4O3/c1-17-16-24(33)25(30-32(17)23-9-5-3-7-21(23)28)26(34)29-20-12-10-19(11-13-20)27(35)31-15-14-18-6-2-4-8-22(18)31/h2-13,16H,14-15H2,1H3,(H,29,34). The van der Waals surface area contributed by atoms with Crippen LogP contribution in [-0.4, -0.2) is 28.1 Å². The summed E-state index contributed by atoms with van der Waals surface area (Å²) in [7, 11) is 0. The molecule has 0 spiro atoms. The fourth-order valence-electron chi connectivity index (χ4n) is 4.16. The van der Waals surface area contributed by atoms with Gasteiger partial charge in [-0.3, -0.25) is 14.4 Å². The number of amides is 2. The van der Waals surface area contributed by atoms with Crippen molar-refractivity contribution in [3.05, 3.63) is 117 Å². The highest BCUT2D eigenvalue weighted by Gasteiger charge is 2.25. The summed E-state index contributed by atoms with van der Waals surface area (Å²) in [4.78, 5) is 40.0. The van der Waals surface area contributed by atoms with Crippen LogP contribution in [0.3, 0.4) is 0 Å². The predicted octanol–water partition coefficient (Wildman–Crippen LogP) is 4.14. The van der Waals surface area contributed by atoms with E-state index in [1.807, 2.05) is 24.3 Å². The van der Waals surface area contributed by atoms with Crippen molar-refractivity contribution < 1.29 is 14.0 Å². The highest BCUT2D eigenvalue weighted by Crippen LogP contribution is 2.29. The second kappa shape index (κ2) is 8.98. The lowest BCUT2D eigenvalue weighted by atomic mass is 10.1. The molecule has 7 nitrogen and oxygen atoms in total. The molecule has 5 rings (SSSR count). The fraction of sp³-hybridized carbons (Fsp3) is 0.111. The Morgan fingerprint density at radius 2 is 1.63 bits per heavy atom. The molecule has 174 valence electrons. The second-order valence-electron chi connectivity index (χ2n) is 8.23. The van der Waals surface area contributed by atoms with Crippen molar-refractivity contribution in [2.45, 2.75) is 13.3 Å². The molecule has 35 heavy (non-hydrogen) atoms. The van der Waals surface area contributed by atoms with Crippen molar-refractivity contribution >= 4 is 23.2 Å². The summed E-state index contributed by atoms with van der Waals surface area (Å²) in [5.41, 5.74) is 2.50. The SMILES string of the molecule is Cc1cc(=O)c(C(=O)Nc2ccc(C(=O)N3CCc4ccccc43)cc2)nn1-c1ccccc1F. The maximum atomic E-state index is 14.3. The molecule has 1 aromatic heterocycles. The lowest BCUT2D eigenvalue weighted by molar-refractivity contribution is 0.0987. The first kappa shape index (κ1) is 22.2. The number of rotatable bonds is 4. The number of aromatic nitrogens is 2. The molecule has 0 atom stereocenters. The molecule has 0 bridgehead atoms. The van der Waals surface area contributed by atoms with E-state index in [1.165, 1.54) is 22.9 Å². The zero-order valence-electron chi connectivity index (χ0n) is 18.9. The van der Waals surface area contributed by atoms with Gasteiger partial charge in [-0.15, -0.1) is 0 Å². The third-order valence-corrected chi connectivity index (χ3v) is 5.93. The van der Waals surface area contributed by atoms with Crippen LogP contribution in [0.1, 0.15) is 32.1 Å². The molecule has 2 heterocycles. The molecule has 0 saturated heterocycles. The fourth-order valence-corrected chi connectivity index (χ4v) is 4.16. The number of nitrogens with one attached hydrogen (secondary N) is 1. The van der Waals surface area contributed by atoms with Crippen LogP contribution in [-0.2, 0) is 6.42 Å². The number of aryl methyl sites for hydroxylation is 1. The molecule has 4 aromatic rings. The molecule has 2 amide bonds. The molecular weight excluding hydrogens is 447 g/mol. The molecule has 0 saturated carbocycles. The van der Waals surface area contributed by atoms with E-state index < -0.39 is 17.2 Å². The lowest BCUT2D eigenvalue weighted by Crippen LogP contribution is -2.29. The number of fused-ring (bicyclic) bond motifs is 1. The van der Waals surface area contributed by atoms with Gasteiger partial charge >= 0.3 is 0 Å². The van der Waals surface area contributed by atoms with Crippen LogP contribution in [0, 0.1) is 12.7 Å². The highest BCUT2D eigenvalue weighted by molar-refractivity contribution is 6.08. The topological polar surface area (TPSA) is 84.3 Å². The normalized spacial score (nSPS) is 12.3. The maximum absolute atomic E-state index is 14.3. The molecule has 1 N–H and O–H groups in total. The molecular formula is C27H21FN4O3. The van der Waals surface area contributed by atoms with E-state index in [0.29, 0.717) is 23.5 Å². The molecule has 1 aliphatic heterocycles. The van der Waals surface area contributed by atoms with E-state index in [2.05, 4.69) is 10.4 Å². The zero-order valence-corrected chi connectivity index (χ0v) is 18.9. The summed E-state index contributed by atoms with van der Waals surface area (Å²) in [6, 6.07) is 21.4.